The molecule has 6 heteroatoms. The van der Waals surface area contributed by atoms with Crippen molar-refractivity contribution in [2.45, 2.75) is 31.4 Å². The van der Waals surface area contributed by atoms with Gasteiger partial charge in [-0.3, -0.25) is 4.90 Å². The highest BCUT2D eigenvalue weighted by atomic mass is 19.2. The first-order chi connectivity index (χ1) is 12.0. The number of aliphatic hydroxyl groups is 1. The number of imidazole rings is 1. The van der Waals surface area contributed by atoms with Gasteiger partial charge in [-0.05, 0) is 30.5 Å². The maximum atomic E-state index is 13.5. The molecule has 0 radical (unpaired) electrons. The van der Waals surface area contributed by atoms with Gasteiger partial charge in [0.15, 0.2) is 11.6 Å². The molecule has 0 spiro atoms. The summed E-state index contributed by atoms with van der Waals surface area (Å²) in [6, 6.07) is 4.08. The summed E-state index contributed by atoms with van der Waals surface area (Å²) >= 11 is 0. The SMILES string of the molecule is Cn1ccnc1C1(O)[C@@H]2CCC[C@H]1CN(Cc1ccc(F)c(F)c1)C2. The molecule has 1 aliphatic carbocycles. The number of fused-ring (bicyclic) bond motifs is 2. The van der Waals surface area contributed by atoms with Crippen LogP contribution in [-0.4, -0.2) is 32.6 Å². The first-order valence-corrected chi connectivity index (χ1v) is 8.85. The molecule has 4 rings (SSSR count). The van der Waals surface area contributed by atoms with E-state index in [0.717, 1.165) is 43.7 Å². The molecule has 0 amide bonds. The van der Waals surface area contributed by atoms with E-state index < -0.39 is 17.2 Å². The molecule has 4 nitrogen and oxygen atoms in total. The van der Waals surface area contributed by atoms with Crippen LogP contribution in [0.5, 0.6) is 0 Å². The number of likely N-dealkylation sites (tertiary alicyclic amines) is 1. The monoisotopic (exact) mass is 347 g/mol. The second kappa shape index (κ2) is 6.18. The van der Waals surface area contributed by atoms with Gasteiger partial charge in [0.25, 0.3) is 0 Å². The number of aryl methyl sites for hydroxylation is 1. The van der Waals surface area contributed by atoms with Crippen molar-refractivity contribution in [3.05, 3.63) is 53.6 Å². The van der Waals surface area contributed by atoms with Crippen LogP contribution in [0.1, 0.15) is 30.7 Å². The molecule has 1 aromatic heterocycles. The molecule has 1 N–H and O–H groups in total. The van der Waals surface area contributed by atoms with Crippen molar-refractivity contribution in [1.29, 1.82) is 0 Å². The molecule has 2 aliphatic rings. The van der Waals surface area contributed by atoms with E-state index in [0.29, 0.717) is 6.54 Å². The Balaban J connectivity index is 1.57. The molecule has 25 heavy (non-hydrogen) atoms. The van der Waals surface area contributed by atoms with Crippen LogP contribution >= 0.6 is 0 Å². The normalized spacial score (nSPS) is 29.8. The maximum Gasteiger partial charge on any atom is 0.159 e. The predicted molar refractivity (Wildman–Crippen MR) is 89.6 cm³/mol. The van der Waals surface area contributed by atoms with E-state index in [1.807, 2.05) is 17.8 Å². The van der Waals surface area contributed by atoms with E-state index in [9.17, 15) is 13.9 Å². The molecule has 1 aliphatic heterocycles. The van der Waals surface area contributed by atoms with Crippen molar-refractivity contribution in [1.82, 2.24) is 14.5 Å². The van der Waals surface area contributed by atoms with Crippen LogP contribution in [0.3, 0.4) is 0 Å². The van der Waals surface area contributed by atoms with Crippen LogP contribution < -0.4 is 0 Å². The summed E-state index contributed by atoms with van der Waals surface area (Å²) in [5, 5.41) is 11.5. The smallest absolute Gasteiger partial charge is 0.159 e. The molecule has 2 fully saturated rings. The van der Waals surface area contributed by atoms with Gasteiger partial charge >= 0.3 is 0 Å². The van der Waals surface area contributed by atoms with Gasteiger partial charge in [0.1, 0.15) is 11.4 Å². The van der Waals surface area contributed by atoms with Crippen LogP contribution in [-0.2, 0) is 19.2 Å². The molecule has 1 aromatic carbocycles. The highest BCUT2D eigenvalue weighted by Crippen LogP contribution is 2.48. The summed E-state index contributed by atoms with van der Waals surface area (Å²) in [5.41, 5.74) is -0.138. The lowest BCUT2D eigenvalue weighted by Crippen LogP contribution is -2.58. The number of hydrogen-bond acceptors (Lipinski definition) is 3. The van der Waals surface area contributed by atoms with Crippen molar-refractivity contribution in [3.63, 3.8) is 0 Å². The molecule has 3 atom stereocenters. The van der Waals surface area contributed by atoms with Gasteiger partial charge in [0.05, 0.1) is 0 Å². The Hall–Kier alpha value is -1.79. The van der Waals surface area contributed by atoms with Gasteiger partial charge in [0.2, 0.25) is 0 Å². The Morgan fingerprint density at radius 3 is 2.52 bits per heavy atom. The molecular weight excluding hydrogens is 324 g/mol. The highest BCUT2D eigenvalue weighted by Gasteiger charge is 2.53. The van der Waals surface area contributed by atoms with Gasteiger partial charge in [-0.1, -0.05) is 12.5 Å². The zero-order valence-corrected chi connectivity index (χ0v) is 14.3. The van der Waals surface area contributed by atoms with Crippen LogP contribution in [0.4, 0.5) is 8.78 Å². The van der Waals surface area contributed by atoms with Gasteiger partial charge in [-0.2, -0.15) is 0 Å². The van der Waals surface area contributed by atoms with Gasteiger partial charge in [-0.25, -0.2) is 13.8 Å². The fourth-order valence-electron chi connectivity index (χ4n) is 4.68. The number of nitrogens with zero attached hydrogens (tertiary/aromatic N) is 3. The molecule has 1 unspecified atom stereocenters. The number of hydrogen-bond donors (Lipinski definition) is 1. The number of aromatic nitrogens is 2. The summed E-state index contributed by atoms with van der Waals surface area (Å²) in [7, 11) is 1.92. The highest BCUT2D eigenvalue weighted by molar-refractivity contribution is 5.19. The Morgan fingerprint density at radius 1 is 1.20 bits per heavy atom. The van der Waals surface area contributed by atoms with Gasteiger partial charge in [-0.15, -0.1) is 0 Å². The Bertz CT molecular complexity index is 762. The van der Waals surface area contributed by atoms with E-state index in [-0.39, 0.29) is 11.8 Å². The third-order valence-corrected chi connectivity index (χ3v) is 5.88. The van der Waals surface area contributed by atoms with Crippen molar-refractivity contribution >= 4 is 0 Å². The first kappa shape index (κ1) is 16.7. The third-order valence-electron chi connectivity index (χ3n) is 5.88. The average molecular weight is 347 g/mol. The number of piperidine rings is 1. The lowest BCUT2D eigenvalue weighted by atomic mass is 9.65. The minimum Gasteiger partial charge on any atom is -0.381 e. The summed E-state index contributed by atoms with van der Waals surface area (Å²) in [6.45, 7) is 2.04. The van der Waals surface area contributed by atoms with Crippen molar-refractivity contribution in [3.8, 4) is 0 Å². The predicted octanol–water partition coefficient (Wildman–Crippen LogP) is 2.82. The Labute approximate surface area is 146 Å². The van der Waals surface area contributed by atoms with Crippen LogP contribution in [0.25, 0.3) is 0 Å². The fourth-order valence-corrected chi connectivity index (χ4v) is 4.68. The first-order valence-electron chi connectivity index (χ1n) is 8.85. The second-order valence-electron chi connectivity index (χ2n) is 7.45. The zero-order chi connectivity index (χ0) is 17.6. The fraction of sp³-hybridized carbons (Fsp3) is 0.526. The van der Waals surface area contributed by atoms with Crippen molar-refractivity contribution < 1.29 is 13.9 Å². The molecule has 2 bridgehead atoms. The summed E-state index contributed by atoms with van der Waals surface area (Å²) in [6.07, 6.45) is 6.62. The average Bonchev–Trinajstić information content (AvgIpc) is 2.99. The van der Waals surface area contributed by atoms with Gasteiger partial charge < -0.3 is 9.67 Å². The van der Waals surface area contributed by atoms with Crippen LogP contribution in [0.2, 0.25) is 0 Å². The largest absolute Gasteiger partial charge is 0.381 e. The summed E-state index contributed by atoms with van der Waals surface area (Å²) in [5.74, 6) is -0.671. The van der Waals surface area contributed by atoms with Gasteiger partial charge in [0, 0.05) is 50.9 Å². The number of rotatable bonds is 3. The minimum atomic E-state index is -0.902. The molecule has 2 heterocycles. The number of benzene rings is 1. The minimum absolute atomic E-state index is 0.103. The van der Waals surface area contributed by atoms with Crippen molar-refractivity contribution in [2.24, 2.45) is 18.9 Å². The summed E-state index contributed by atoms with van der Waals surface area (Å²) < 4.78 is 28.5. The Morgan fingerprint density at radius 2 is 1.92 bits per heavy atom. The molecule has 2 aromatic rings. The van der Waals surface area contributed by atoms with E-state index >= 15 is 0 Å². The quantitative estimate of drug-likeness (QED) is 0.928. The van der Waals surface area contributed by atoms with E-state index in [1.165, 1.54) is 12.1 Å². The lowest BCUT2D eigenvalue weighted by Gasteiger charge is -2.52. The lowest BCUT2D eigenvalue weighted by molar-refractivity contribution is -0.155. The van der Waals surface area contributed by atoms with Crippen LogP contribution in [0, 0.1) is 23.5 Å². The second-order valence-corrected chi connectivity index (χ2v) is 7.45. The summed E-state index contributed by atoms with van der Waals surface area (Å²) in [4.78, 5) is 6.68. The van der Waals surface area contributed by atoms with Crippen LogP contribution in [0.15, 0.2) is 30.6 Å². The Kier molecular flexibility index (Phi) is 4.12. The maximum absolute atomic E-state index is 13.5. The molecule has 1 saturated heterocycles. The third kappa shape index (κ3) is 2.77. The topological polar surface area (TPSA) is 41.3 Å². The van der Waals surface area contributed by atoms with E-state index in [1.54, 1.807) is 12.3 Å². The van der Waals surface area contributed by atoms with Crippen molar-refractivity contribution in [2.75, 3.05) is 13.1 Å². The molecule has 1 saturated carbocycles. The number of halogens is 2. The molecule has 134 valence electrons. The van der Waals surface area contributed by atoms with E-state index in [4.69, 9.17) is 0 Å². The van der Waals surface area contributed by atoms with E-state index in [2.05, 4.69) is 9.88 Å². The standard InChI is InChI=1S/C19H23F2N3O/c1-23-8-7-22-18(23)19(25)14-3-2-4-15(19)12-24(11-14)10-13-5-6-16(20)17(21)9-13/h5-9,14-15,25H,2-4,10-12H2,1H3/t14-,15+,19?. The zero-order valence-electron chi connectivity index (χ0n) is 14.3. The molecular formula is C19H23F2N3O.